The summed E-state index contributed by atoms with van der Waals surface area (Å²) in [4.78, 5) is 58.7. The highest BCUT2D eigenvalue weighted by Crippen LogP contribution is 2.30. The number of esters is 4. The first-order valence-electron chi connectivity index (χ1n) is 8.97. The summed E-state index contributed by atoms with van der Waals surface area (Å²) >= 11 is 6.29. The van der Waals surface area contributed by atoms with Crippen LogP contribution in [0.2, 0.25) is 0 Å². The van der Waals surface area contributed by atoms with E-state index in [1.807, 2.05) is 12.1 Å². The van der Waals surface area contributed by atoms with Crippen LogP contribution in [0.15, 0.2) is 24.8 Å². The molecule has 174 valence electrons. The van der Waals surface area contributed by atoms with Crippen LogP contribution < -0.4 is 4.74 Å². The number of rotatable bonds is 11. The van der Waals surface area contributed by atoms with Crippen molar-refractivity contribution in [2.24, 2.45) is 5.92 Å². The van der Waals surface area contributed by atoms with Gasteiger partial charge >= 0.3 is 23.9 Å². The lowest BCUT2D eigenvalue weighted by atomic mass is 10.0. The van der Waals surface area contributed by atoms with Crippen molar-refractivity contribution >= 4 is 97.4 Å². The van der Waals surface area contributed by atoms with Crippen molar-refractivity contribution in [3.8, 4) is 5.75 Å². The Bertz CT molecular complexity index is 891. The van der Waals surface area contributed by atoms with Crippen LogP contribution in [0.4, 0.5) is 0 Å². The predicted molar refractivity (Wildman–Crippen MR) is 137 cm³/mol. The zero-order valence-corrected chi connectivity index (χ0v) is 23.5. The van der Waals surface area contributed by atoms with E-state index in [1.165, 1.54) is 13.8 Å². The van der Waals surface area contributed by atoms with Crippen molar-refractivity contribution in [1.29, 1.82) is 0 Å². The molecule has 0 aliphatic carbocycles. The molecule has 2 atom stereocenters. The fourth-order valence-electron chi connectivity index (χ4n) is 2.05. The van der Waals surface area contributed by atoms with Crippen molar-refractivity contribution in [1.82, 2.24) is 0 Å². The second kappa shape index (κ2) is 14.1. The van der Waals surface area contributed by atoms with E-state index in [-0.39, 0.29) is 6.42 Å². The highest BCUT2D eigenvalue weighted by atomic mass is 127. The van der Waals surface area contributed by atoms with Crippen LogP contribution in [-0.4, -0.2) is 49.0 Å². The molecule has 0 amide bonds. The Balaban J connectivity index is 2.49. The molecule has 0 spiro atoms. The lowest BCUT2D eigenvalue weighted by Gasteiger charge is -2.16. The Labute approximate surface area is 225 Å². The average molecular weight is 784 g/mol. The number of hydrogen-bond donors (Lipinski definition) is 0. The summed E-state index contributed by atoms with van der Waals surface area (Å²) in [6.45, 7) is 4.59. The molecule has 0 aliphatic heterocycles. The molecule has 32 heavy (non-hydrogen) atoms. The van der Waals surface area contributed by atoms with E-state index < -0.39 is 54.9 Å². The monoisotopic (exact) mass is 784 g/mol. The van der Waals surface area contributed by atoms with Crippen LogP contribution in [0.3, 0.4) is 0 Å². The number of carbonyl (C=O) groups excluding carboxylic acids is 5. The second-order valence-electron chi connectivity index (χ2n) is 6.30. The normalized spacial score (nSPS) is 12.2. The number of benzene rings is 1. The van der Waals surface area contributed by atoms with Crippen molar-refractivity contribution in [3.05, 3.63) is 35.5 Å². The molecule has 12 heteroatoms. The lowest BCUT2D eigenvalue weighted by molar-refractivity contribution is -0.167. The van der Waals surface area contributed by atoms with Gasteiger partial charge in [0.05, 0.1) is 13.1 Å². The third kappa shape index (κ3) is 10.1. The number of hydrogen-bond acceptors (Lipinski definition) is 9. The van der Waals surface area contributed by atoms with Crippen LogP contribution in [0.5, 0.6) is 5.75 Å². The van der Waals surface area contributed by atoms with Crippen LogP contribution in [0.25, 0.3) is 0 Å². The van der Waals surface area contributed by atoms with Gasteiger partial charge in [-0.05, 0) is 86.8 Å². The number of ether oxygens (including phenoxy) is 4. The number of halogens is 3. The van der Waals surface area contributed by atoms with Crippen LogP contribution >= 0.6 is 67.8 Å². The van der Waals surface area contributed by atoms with E-state index in [1.54, 1.807) is 0 Å². The quantitative estimate of drug-likeness (QED) is 0.110. The molecule has 0 radical (unpaired) electrons. The number of ketones is 1. The van der Waals surface area contributed by atoms with E-state index in [0.717, 1.165) is 16.8 Å². The molecule has 0 N–H and O–H groups in total. The highest BCUT2D eigenvalue weighted by Gasteiger charge is 2.26. The first kappa shape index (κ1) is 28.7. The van der Waals surface area contributed by atoms with Crippen molar-refractivity contribution in [2.45, 2.75) is 26.4 Å². The molecule has 0 saturated heterocycles. The van der Waals surface area contributed by atoms with Gasteiger partial charge in [-0.2, -0.15) is 0 Å². The maximum Gasteiger partial charge on any atom is 0.344 e. The predicted octanol–water partition coefficient (Wildman–Crippen LogP) is 3.21. The summed E-state index contributed by atoms with van der Waals surface area (Å²) in [6, 6.07) is 3.72. The topological polar surface area (TPSA) is 122 Å². The fourth-order valence-corrected chi connectivity index (χ4v) is 5.85. The first-order valence-corrected chi connectivity index (χ1v) is 12.2. The van der Waals surface area contributed by atoms with Crippen LogP contribution in [-0.2, 0) is 38.2 Å². The minimum atomic E-state index is -1.16. The Hall–Kier alpha value is -1.30. The Morgan fingerprint density at radius 1 is 0.969 bits per heavy atom. The molecule has 9 nitrogen and oxygen atoms in total. The largest absolute Gasteiger partial charge is 0.452 e. The minimum Gasteiger partial charge on any atom is -0.452 e. The molecule has 0 aliphatic rings. The maximum absolute atomic E-state index is 12.4. The van der Waals surface area contributed by atoms with Crippen molar-refractivity contribution in [2.75, 3.05) is 13.2 Å². The third-order valence-electron chi connectivity index (χ3n) is 3.69. The first-order chi connectivity index (χ1) is 14.9. The average Bonchev–Trinajstić information content (AvgIpc) is 2.72. The van der Waals surface area contributed by atoms with Gasteiger partial charge in [0.1, 0.15) is 0 Å². The standard InChI is InChI=1S/C20H19I3O9/c1-4-16(25)29-8-17(26)30-9-18(27)31-11(3)15(24)5-10(2)20(28)32-19-13(22)6-12(21)7-14(19)23/h4,6-7,10-11H,1,5,8-9H2,2-3H3. The number of carbonyl (C=O) groups is 5. The molecule has 1 aromatic rings. The molecule has 0 saturated carbocycles. The van der Waals surface area contributed by atoms with Crippen molar-refractivity contribution < 1.29 is 42.9 Å². The summed E-state index contributed by atoms with van der Waals surface area (Å²) in [6.07, 6.45) is -0.496. The Kier molecular flexibility index (Phi) is 12.6. The summed E-state index contributed by atoms with van der Waals surface area (Å²) < 4.78 is 21.9. The Morgan fingerprint density at radius 3 is 2.09 bits per heavy atom. The van der Waals surface area contributed by atoms with E-state index >= 15 is 0 Å². The van der Waals surface area contributed by atoms with Gasteiger partial charge < -0.3 is 18.9 Å². The van der Waals surface area contributed by atoms with Crippen molar-refractivity contribution in [3.63, 3.8) is 0 Å². The van der Waals surface area contributed by atoms with Gasteiger partial charge in [0.15, 0.2) is 30.9 Å². The second-order valence-corrected chi connectivity index (χ2v) is 9.87. The summed E-state index contributed by atoms with van der Waals surface area (Å²) in [5.41, 5.74) is 0. The summed E-state index contributed by atoms with van der Waals surface area (Å²) in [5.74, 6) is -4.18. The Morgan fingerprint density at radius 2 is 1.53 bits per heavy atom. The molecule has 0 heterocycles. The van der Waals surface area contributed by atoms with E-state index in [0.29, 0.717) is 5.75 Å². The van der Waals surface area contributed by atoms with Gasteiger partial charge in [-0.15, -0.1) is 0 Å². The summed E-state index contributed by atoms with van der Waals surface area (Å²) in [5, 5.41) is 0. The molecule has 0 bridgehead atoms. The van der Waals surface area contributed by atoms with Crippen LogP contribution in [0.1, 0.15) is 20.3 Å². The highest BCUT2D eigenvalue weighted by molar-refractivity contribution is 14.1. The van der Waals surface area contributed by atoms with E-state index in [9.17, 15) is 24.0 Å². The molecule has 0 fully saturated rings. The van der Waals surface area contributed by atoms with E-state index in [4.69, 9.17) is 9.47 Å². The van der Waals surface area contributed by atoms with E-state index in [2.05, 4.69) is 83.8 Å². The molecule has 2 unspecified atom stereocenters. The molecule has 1 rings (SSSR count). The summed E-state index contributed by atoms with van der Waals surface area (Å²) in [7, 11) is 0. The van der Waals surface area contributed by atoms with Crippen LogP contribution in [0, 0.1) is 16.6 Å². The minimum absolute atomic E-state index is 0.206. The smallest absolute Gasteiger partial charge is 0.344 e. The maximum atomic E-state index is 12.4. The number of Topliss-reactive ketones (excluding diaryl/α,β-unsaturated/α-hetero) is 1. The zero-order valence-electron chi connectivity index (χ0n) is 17.0. The van der Waals surface area contributed by atoms with Gasteiger partial charge in [0, 0.05) is 16.1 Å². The fraction of sp³-hybridized carbons (Fsp3) is 0.350. The lowest BCUT2D eigenvalue weighted by Crippen LogP contribution is -2.30. The molecular weight excluding hydrogens is 765 g/mol. The zero-order chi connectivity index (χ0) is 24.4. The third-order valence-corrected chi connectivity index (χ3v) is 5.91. The van der Waals surface area contributed by atoms with Gasteiger partial charge in [-0.3, -0.25) is 9.59 Å². The van der Waals surface area contributed by atoms with Gasteiger partial charge in [0.25, 0.3) is 0 Å². The van der Waals surface area contributed by atoms with Gasteiger partial charge in [-0.1, -0.05) is 13.5 Å². The molecular formula is C20H19I3O9. The molecule has 0 aromatic heterocycles. The van der Waals surface area contributed by atoms with Gasteiger partial charge in [-0.25, -0.2) is 14.4 Å². The SMILES string of the molecule is C=CC(=O)OCC(=O)OCC(=O)OC(C)C(=O)CC(C)C(=O)Oc1c(I)cc(I)cc1I. The van der Waals surface area contributed by atoms with Gasteiger partial charge in [0.2, 0.25) is 0 Å². The molecule has 1 aromatic carbocycles.